The lowest BCUT2D eigenvalue weighted by atomic mass is 10.1. The SMILES string of the molecule is Cc1ccc(OC(C)C(=O)OC(C)C(=O)c2ccc(NC(=O)C(C)C)cc2)cc1. The number of carbonyl (C=O) groups is 3. The molecule has 2 rings (SSSR count). The molecule has 0 aliphatic rings. The Morgan fingerprint density at radius 3 is 1.97 bits per heavy atom. The minimum Gasteiger partial charge on any atom is -0.479 e. The lowest BCUT2D eigenvalue weighted by molar-refractivity contribution is -0.153. The van der Waals surface area contributed by atoms with Crippen LogP contribution in [0.3, 0.4) is 0 Å². The molecule has 0 heterocycles. The third-order valence-corrected chi connectivity index (χ3v) is 4.29. The van der Waals surface area contributed by atoms with E-state index in [1.54, 1.807) is 57.2 Å². The molecule has 1 N–H and O–H groups in total. The predicted molar refractivity (Wildman–Crippen MR) is 111 cm³/mol. The van der Waals surface area contributed by atoms with Crippen LogP contribution in [0.5, 0.6) is 5.75 Å². The highest BCUT2D eigenvalue weighted by atomic mass is 16.6. The van der Waals surface area contributed by atoms with Crippen molar-refractivity contribution in [2.45, 2.75) is 46.8 Å². The third kappa shape index (κ3) is 6.45. The van der Waals surface area contributed by atoms with Gasteiger partial charge in [-0.2, -0.15) is 0 Å². The van der Waals surface area contributed by atoms with Crippen molar-refractivity contribution in [2.24, 2.45) is 5.92 Å². The highest BCUT2D eigenvalue weighted by Gasteiger charge is 2.24. The second-order valence-corrected chi connectivity index (χ2v) is 7.24. The van der Waals surface area contributed by atoms with Crippen molar-refractivity contribution in [3.05, 3.63) is 59.7 Å². The molecule has 0 bridgehead atoms. The van der Waals surface area contributed by atoms with Gasteiger partial charge in [-0.15, -0.1) is 0 Å². The molecular formula is C23H27NO5. The average Bonchev–Trinajstić information content (AvgIpc) is 2.69. The Morgan fingerprint density at radius 1 is 0.828 bits per heavy atom. The van der Waals surface area contributed by atoms with Gasteiger partial charge in [0, 0.05) is 17.2 Å². The summed E-state index contributed by atoms with van der Waals surface area (Å²) in [5.41, 5.74) is 2.08. The Labute approximate surface area is 171 Å². The van der Waals surface area contributed by atoms with E-state index in [1.165, 1.54) is 6.92 Å². The maximum Gasteiger partial charge on any atom is 0.347 e. The van der Waals surface area contributed by atoms with E-state index in [2.05, 4.69) is 5.32 Å². The van der Waals surface area contributed by atoms with Crippen molar-refractivity contribution in [2.75, 3.05) is 5.32 Å². The number of ketones is 1. The molecule has 0 radical (unpaired) electrons. The number of ether oxygens (including phenoxy) is 2. The summed E-state index contributed by atoms with van der Waals surface area (Å²) in [6.07, 6.45) is -1.80. The maximum atomic E-state index is 12.5. The van der Waals surface area contributed by atoms with E-state index >= 15 is 0 Å². The molecule has 2 aromatic rings. The van der Waals surface area contributed by atoms with Crippen LogP contribution in [0, 0.1) is 12.8 Å². The molecule has 6 heteroatoms. The van der Waals surface area contributed by atoms with Crippen LogP contribution in [0.25, 0.3) is 0 Å². The number of nitrogens with one attached hydrogen (secondary N) is 1. The zero-order valence-corrected chi connectivity index (χ0v) is 17.4. The van der Waals surface area contributed by atoms with Crippen LogP contribution in [0.15, 0.2) is 48.5 Å². The minimum atomic E-state index is -0.956. The number of esters is 1. The van der Waals surface area contributed by atoms with Gasteiger partial charge in [-0.25, -0.2) is 4.79 Å². The molecule has 2 aromatic carbocycles. The van der Waals surface area contributed by atoms with Gasteiger partial charge in [-0.1, -0.05) is 31.5 Å². The number of benzene rings is 2. The number of rotatable bonds is 8. The lowest BCUT2D eigenvalue weighted by Crippen LogP contribution is -2.32. The molecule has 0 spiro atoms. The fourth-order valence-corrected chi connectivity index (χ4v) is 2.43. The quantitative estimate of drug-likeness (QED) is 0.534. The van der Waals surface area contributed by atoms with E-state index in [9.17, 15) is 14.4 Å². The normalized spacial score (nSPS) is 12.8. The molecule has 0 saturated heterocycles. The topological polar surface area (TPSA) is 81.7 Å². The van der Waals surface area contributed by atoms with Gasteiger partial charge in [-0.3, -0.25) is 9.59 Å². The molecule has 0 fully saturated rings. The Kier molecular flexibility index (Phi) is 7.53. The van der Waals surface area contributed by atoms with E-state index < -0.39 is 18.2 Å². The third-order valence-electron chi connectivity index (χ3n) is 4.29. The van der Waals surface area contributed by atoms with Gasteiger partial charge in [0.1, 0.15) is 5.75 Å². The lowest BCUT2D eigenvalue weighted by Gasteiger charge is -2.17. The molecule has 0 aromatic heterocycles. The smallest absolute Gasteiger partial charge is 0.347 e. The van der Waals surface area contributed by atoms with E-state index in [0.29, 0.717) is 17.0 Å². The summed E-state index contributed by atoms with van der Waals surface area (Å²) >= 11 is 0. The van der Waals surface area contributed by atoms with Gasteiger partial charge in [0.25, 0.3) is 0 Å². The van der Waals surface area contributed by atoms with Crippen molar-refractivity contribution < 1.29 is 23.9 Å². The molecule has 0 saturated carbocycles. The Bertz CT molecular complexity index is 856. The highest BCUT2D eigenvalue weighted by Crippen LogP contribution is 2.16. The van der Waals surface area contributed by atoms with Gasteiger partial charge in [0.05, 0.1) is 0 Å². The van der Waals surface area contributed by atoms with Crippen molar-refractivity contribution in [3.8, 4) is 5.75 Å². The minimum absolute atomic E-state index is 0.103. The fourth-order valence-electron chi connectivity index (χ4n) is 2.43. The summed E-state index contributed by atoms with van der Waals surface area (Å²) in [7, 11) is 0. The predicted octanol–water partition coefficient (Wildman–Crippen LogP) is 4.17. The molecule has 154 valence electrons. The number of hydrogen-bond donors (Lipinski definition) is 1. The first kappa shape index (κ1) is 22.1. The van der Waals surface area contributed by atoms with E-state index in [-0.39, 0.29) is 17.6 Å². The molecule has 0 aliphatic carbocycles. The van der Waals surface area contributed by atoms with Crippen molar-refractivity contribution in [1.82, 2.24) is 0 Å². The van der Waals surface area contributed by atoms with E-state index in [4.69, 9.17) is 9.47 Å². The van der Waals surface area contributed by atoms with Gasteiger partial charge < -0.3 is 14.8 Å². The van der Waals surface area contributed by atoms with Gasteiger partial charge in [-0.05, 0) is 57.2 Å². The first-order valence-electron chi connectivity index (χ1n) is 9.56. The van der Waals surface area contributed by atoms with Crippen LogP contribution in [0.2, 0.25) is 0 Å². The van der Waals surface area contributed by atoms with Crippen molar-refractivity contribution in [1.29, 1.82) is 0 Å². The first-order valence-corrected chi connectivity index (χ1v) is 9.56. The summed E-state index contributed by atoms with van der Waals surface area (Å²) in [6, 6.07) is 13.8. The summed E-state index contributed by atoms with van der Waals surface area (Å²) in [5.74, 6) is -0.637. The summed E-state index contributed by atoms with van der Waals surface area (Å²) < 4.78 is 10.8. The number of hydrogen-bond acceptors (Lipinski definition) is 5. The van der Waals surface area contributed by atoms with Crippen LogP contribution in [-0.4, -0.2) is 29.9 Å². The fraction of sp³-hybridized carbons (Fsp3) is 0.348. The van der Waals surface area contributed by atoms with E-state index in [0.717, 1.165) is 5.56 Å². The van der Waals surface area contributed by atoms with Gasteiger partial charge >= 0.3 is 5.97 Å². The Balaban J connectivity index is 1.92. The highest BCUT2D eigenvalue weighted by molar-refractivity contribution is 6.01. The molecule has 2 unspecified atom stereocenters. The number of amides is 1. The van der Waals surface area contributed by atoms with Crippen LogP contribution < -0.4 is 10.1 Å². The number of aryl methyl sites for hydroxylation is 1. The second kappa shape index (κ2) is 9.87. The second-order valence-electron chi connectivity index (χ2n) is 7.24. The zero-order valence-electron chi connectivity index (χ0n) is 17.4. The molecule has 1 amide bonds. The summed E-state index contributed by atoms with van der Waals surface area (Å²) in [5, 5.41) is 2.76. The molecule has 29 heavy (non-hydrogen) atoms. The van der Waals surface area contributed by atoms with Gasteiger partial charge in [0.2, 0.25) is 11.7 Å². The average molecular weight is 397 g/mol. The monoisotopic (exact) mass is 397 g/mol. The molecule has 0 aliphatic heterocycles. The van der Waals surface area contributed by atoms with Crippen LogP contribution in [0.4, 0.5) is 5.69 Å². The zero-order chi connectivity index (χ0) is 21.6. The number of anilines is 1. The molecule has 6 nitrogen and oxygen atoms in total. The van der Waals surface area contributed by atoms with Crippen LogP contribution in [-0.2, 0) is 14.3 Å². The number of Topliss-reactive ketones (excluding diaryl/α,β-unsaturated/α-hetero) is 1. The van der Waals surface area contributed by atoms with Gasteiger partial charge in [0.15, 0.2) is 12.2 Å². The van der Waals surface area contributed by atoms with E-state index in [1.807, 2.05) is 19.1 Å². The van der Waals surface area contributed by atoms with Crippen molar-refractivity contribution >= 4 is 23.3 Å². The first-order chi connectivity index (χ1) is 13.7. The van der Waals surface area contributed by atoms with Crippen molar-refractivity contribution in [3.63, 3.8) is 0 Å². The Hall–Kier alpha value is -3.15. The largest absolute Gasteiger partial charge is 0.479 e. The molecule has 2 atom stereocenters. The summed E-state index contributed by atoms with van der Waals surface area (Å²) in [4.78, 5) is 36.5. The number of carbonyl (C=O) groups excluding carboxylic acids is 3. The van der Waals surface area contributed by atoms with Crippen LogP contribution in [0.1, 0.15) is 43.6 Å². The Morgan fingerprint density at radius 2 is 1.41 bits per heavy atom. The summed E-state index contributed by atoms with van der Waals surface area (Å²) in [6.45, 7) is 8.65. The molecular weight excluding hydrogens is 370 g/mol. The maximum absolute atomic E-state index is 12.5. The van der Waals surface area contributed by atoms with Crippen LogP contribution >= 0.6 is 0 Å². The standard InChI is InChI=1S/C23H27NO5/c1-14(2)22(26)24-19-10-8-18(9-11-19)21(25)16(4)29-23(27)17(5)28-20-12-6-15(3)7-13-20/h6-14,16-17H,1-5H3,(H,24,26).